The molecule has 2 aromatic carbocycles. The fraction of sp³-hybridized carbons (Fsp3) is 0.261. The topological polar surface area (TPSA) is 53.5 Å². The zero-order valence-electron chi connectivity index (χ0n) is 16.9. The van der Waals surface area contributed by atoms with Gasteiger partial charge >= 0.3 is 0 Å². The quantitative estimate of drug-likeness (QED) is 0.437. The predicted octanol–water partition coefficient (Wildman–Crippen LogP) is 6.44. The van der Waals surface area contributed by atoms with Crippen LogP contribution in [-0.2, 0) is 0 Å². The van der Waals surface area contributed by atoms with Gasteiger partial charge in [-0.2, -0.15) is 0 Å². The Kier molecular flexibility index (Phi) is 6.60. The van der Waals surface area contributed by atoms with Crippen LogP contribution in [0.3, 0.4) is 0 Å². The van der Waals surface area contributed by atoms with Crippen LogP contribution < -0.4 is 4.90 Å². The third-order valence-corrected chi connectivity index (χ3v) is 6.77. The lowest BCUT2D eigenvalue weighted by Gasteiger charge is -2.32. The number of aromatic nitrogens is 1. The summed E-state index contributed by atoms with van der Waals surface area (Å²) in [5, 5.41) is 3.02. The molecule has 1 aliphatic heterocycles. The highest BCUT2D eigenvalue weighted by atomic mass is 35.5. The average Bonchev–Trinajstić information content (AvgIpc) is 3.25. The Hall–Kier alpha value is -2.41. The molecule has 1 aromatic heterocycles. The highest BCUT2D eigenvalue weighted by Crippen LogP contribution is 2.33. The standard InChI is InChI=1S/C23H21Cl2N3O2S/c1-15-6-4-5-13-27(15)22(30)20-14-31-23(26-20)28(17-11-9-16(24)10-12-17)21(29)18-7-2-3-8-19(18)25/h2-3,7-12,14-15H,4-6,13H2,1H3. The lowest BCUT2D eigenvalue weighted by Crippen LogP contribution is -2.42. The molecule has 0 aliphatic carbocycles. The van der Waals surface area contributed by atoms with E-state index in [9.17, 15) is 9.59 Å². The first kappa shape index (κ1) is 21.8. The largest absolute Gasteiger partial charge is 0.335 e. The number of carbonyl (C=O) groups excluding carboxylic acids is 2. The molecule has 1 saturated heterocycles. The van der Waals surface area contributed by atoms with Gasteiger partial charge in [-0.15, -0.1) is 11.3 Å². The van der Waals surface area contributed by atoms with Gasteiger partial charge in [0.2, 0.25) is 0 Å². The second-order valence-electron chi connectivity index (χ2n) is 7.46. The van der Waals surface area contributed by atoms with E-state index in [1.165, 1.54) is 16.2 Å². The number of anilines is 2. The van der Waals surface area contributed by atoms with Crippen LogP contribution in [0.2, 0.25) is 10.0 Å². The summed E-state index contributed by atoms with van der Waals surface area (Å²) in [5.74, 6) is -0.427. The number of rotatable bonds is 4. The summed E-state index contributed by atoms with van der Waals surface area (Å²) >= 11 is 13.6. The van der Waals surface area contributed by atoms with Crippen molar-refractivity contribution < 1.29 is 9.59 Å². The maximum atomic E-state index is 13.5. The van der Waals surface area contributed by atoms with Gasteiger partial charge in [-0.3, -0.25) is 14.5 Å². The molecule has 1 unspecified atom stereocenters. The third kappa shape index (κ3) is 4.61. The summed E-state index contributed by atoms with van der Waals surface area (Å²) in [4.78, 5) is 34.4. The van der Waals surface area contributed by atoms with Gasteiger partial charge in [0, 0.05) is 23.0 Å². The molecule has 1 atom stereocenters. The zero-order valence-corrected chi connectivity index (χ0v) is 19.3. The van der Waals surface area contributed by atoms with Crippen LogP contribution in [0.5, 0.6) is 0 Å². The van der Waals surface area contributed by atoms with Crippen molar-refractivity contribution in [1.82, 2.24) is 9.88 Å². The molecule has 31 heavy (non-hydrogen) atoms. The van der Waals surface area contributed by atoms with Crippen LogP contribution in [0.15, 0.2) is 53.9 Å². The lowest BCUT2D eigenvalue weighted by molar-refractivity contribution is 0.0630. The molecule has 1 fully saturated rings. The molecule has 4 rings (SSSR count). The van der Waals surface area contributed by atoms with Gasteiger partial charge in [-0.25, -0.2) is 4.98 Å². The van der Waals surface area contributed by atoms with E-state index in [1.54, 1.807) is 53.9 Å². The summed E-state index contributed by atoms with van der Waals surface area (Å²) in [6, 6.07) is 14.0. The summed E-state index contributed by atoms with van der Waals surface area (Å²) < 4.78 is 0. The molecule has 5 nitrogen and oxygen atoms in total. The van der Waals surface area contributed by atoms with Crippen molar-refractivity contribution >= 4 is 57.2 Å². The fourth-order valence-corrected chi connectivity index (χ4v) is 4.83. The summed E-state index contributed by atoms with van der Waals surface area (Å²) in [6.07, 6.45) is 3.11. The number of piperidine rings is 1. The maximum absolute atomic E-state index is 13.5. The average molecular weight is 474 g/mol. The highest BCUT2D eigenvalue weighted by Gasteiger charge is 2.29. The Morgan fingerprint density at radius 3 is 2.55 bits per heavy atom. The molecule has 0 bridgehead atoms. The number of likely N-dealkylation sites (tertiary alicyclic amines) is 1. The number of thiazole rings is 1. The minimum Gasteiger partial charge on any atom is -0.335 e. The molecule has 0 N–H and O–H groups in total. The molecule has 3 aromatic rings. The normalized spacial score (nSPS) is 16.2. The Labute approximate surface area is 195 Å². The van der Waals surface area contributed by atoms with Gasteiger partial charge in [0.15, 0.2) is 5.13 Å². The van der Waals surface area contributed by atoms with Crippen LogP contribution in [0.4, 0.5) is 10.8 Å². The van der Waals surface area contributed by atoms with Crippen LogP contribution in [-0.4, -0.2) is 34.3 Å². The van der Waals surface area contributed by atoms with Gasteiger partial charge < -0.3 is 4.90 Å². The van der Waals surface area contributed by atoms with E-state index in [0.717, 1.165) is 25.8 Å². The Morgan fingerprint density at radius 1 is 1.10 bits per heavy atom. The SMILES string of the molecule is CC1CCCCN1C(=O)c1csc(N(C(=O)c2ccccc2Cl)c2ccc(Cl)cc2)n1. The fourth-order valence-electron chi connectivity index (χ4n) is 3.67. The second-order valence-corrected chi connectivity index (χ2v) is 9.14. The molecule has 0 spiro atoms. The van der Waals surface area contributed by atoms with E-state index in [-0.39, 0.29) is 17.9 Å². The van der Waals surface area contributed by atoms with Crippen molar-refractivity contribution in [3.05, 3.63) is 75.2 Å². The Bertz CT molecular complexity index is 1100. The van der Waals surface area contributed by atoms with Gasteiger partial charge in [0.25, 0.3) is 11.8 Å². The van der Waals surface area contributed by atoms with Crippen LogP contribution >= 0.6 is 34.5 Å². The van der Waals surface area contributed by atoms with E-state index in [2.05, 4.69) is 11.9 Å². The zero-order chi connectivity index (χ0) is 22.0. The maximum Gasteiger partial charge on any atom is 0.273 e. The van der Waals surface area contributed by atoms with Crippen molar-refractivity contribution in [2.45, 2.75) is 32.2 Å². The lowest BCUT2D eigenvalue weighted by atomic mass is 10.0. The number of hydrogen-bond donors (Lipinski definition) is 0. The van der Waals surface area contributed by atoms with Crippen molar-refractivity contribution in [3.8, 4) is 0 Å². The first-order chi connectivity index (χ1) is 15.0. The summed E-state index contributed by atoms with van der Waals surface area (Å²) in [5.41, 5.74) is 1.29. The highest BCUT2D eigenvalue weighted by molar-refractivity contribution is 7.14. The number of benzene rings is 2. The minimum atomic E-state index is -0.326. The van der Waals surface area contributed by atoms with Gasteiger partial charge in [0.1, 0.15) is 5.69 Å². The molecule has 2 heterocycles. The van der Waals surface area contributed by atoms with E-state index in [0.29, 0.717) is 32.1 Å². The van der Waals surface area contributed by atoms with Crippen LogP contribution in [0.25, 0.3) is 0 Å². The molecule has 2 amide bonds. The summed E-state index contributed by atoms with van der Waals surface area (Å²) in [6.45, 7) is 2.79. The van der Waals surface area contributed by atoms with Gasteiger partial charge in [-0.05, 0) is 62.6 Å². The number of halogens is 2. The summed E-state index contributed by atoms with van der Waals surface area (Å²) in [7, 11) is 0. The van der Waals surface area contributed by atoms with Crippen molar-refractivity contribution in [2.75, 3.05) is 11.4 Å². The molecule has 1 aliphatic rings. The smallest absolute Gasteiger partial charge is 0.273 e. The van der Waals surface area contributed by atoms with Crippen molar-refractivity contribution in [3.63, 3.8) is 0 Å². The van der Waals surface area contributed by atoms with Crippen molar-refractivity contribution in [1.29, 1.82) is 0 Å². The Morgan fingerprint density at radius 2 is 1.84 bits per heavy atom. The molecular formula is C23H21Cl2N3O2S. The van der Waals surface area contributed by atoms with E-state index < -0.39 is 0 Å². The number of carbonyl (C=O) groups is 2. The first-order valence-electron chi connectivity index (χ1n) is 10.1. The van der Waals surface area contributed by atoms with E-state index >= 15 is 0 Å². The first-order valence-corrected chi connectivity index (χ1v) is 11.7. The van der Waals surface area contributed by atoms with Crippen LogP contribution in [0, 0.1) is 0 Å². The Balaban J connectivity index is 1.71. The molecule has 0 radical (unpaired) electrons. The van der Waals surface area contributed by atoms with Gasteiger partial charge in [-0.1, -0.05) is 35.3 Å². The van der Waals surface area contributed by atoms with Crippen molar-refractivity contribution in [2.24, 2.45) is 0 Å². The molecular weight excluding hydrogens is 453 g/mol. The third-order valence-electron chi connectivity index (χ3n) is 5.36. The number of amides is 2. The minimum absolute atomic E-state index is 0.101. The van der Waals surface area contributed by atoms with Crippen LogP contribution in [0.1, 0.15) is 47.0 Å². The second kappa shape index (κ2) is 9.39. The predicted molar refractivity (Wildman–Crippen MR) is 126 cm³/mol. The number of hydrogen-bond acceptors (Lipinski definition) is 4. The van der Waals surface area contributed by atoms with Gasteiger partial charge in [0.05, 0.1) is 16.3 Å². The number of nitrogens with zero attached hydrogens (tertiary/aromatic N) is 3. The molecule has 0 saturated carbocycles. The van der Waals surface area contributed by atoms with E-state index in [1.807, 2.05) is 4.90 Å². The monoisotopic (exact) mass is 473 g/mol. The molecule has 160 valence electrons. The molecule has 8 heteroatoms. The van der Waals surface area contributed by atoms with E-state index in [4.69, 9.17) is 23.2 Å².